The molecule has 0 radical (unpaired) electrons. The Morgan fingerprint density at radius 3 is 1.78 bits per heavy atom. The minimum Gasteiger partial charge on any atom is -0.0807 e. The highest BCUT2D eigenvalue weighted by Gasteiger charge is 2.41. The molecule has 0 amide bonds. The highest BCUT2D eigenvalue weighted by Crippen LogP contribution is 2.92. The maximum Gasteiger partial charge on any atom is 0.0564 e. The summed E-state index contributed by atoms with van der Waals surface area (Å²) < 4.78 is 0. The number of hydrogen-bond acceptors (Lipinski definition) is 2. The SMILES string of the molecule is Cc1ccc2c(c1)P1c3cc(C)ccc3SP1S2. The van der Waals surface area contributed by atoms with Crippen molar-refractivity contribution in [3.05, 3.63) is 47.5 Å². The lowest BCUT2D eigenvalue weighted by molar-refractivity contribution is 1.42. The van der Waals surface area contributed by atoms with E-state index in [4.69, 9.17) is 0 Å². The van der Waals surface area contributed by atoms with Gasteiger partial charge < -0.3 is 0 Å². The fraction of sp³-hybridized carbons (Fsp3) is 0.143. The van der Waals surface area contributed by atoms with Crippen LogP contribution in [0.4, 0.5) is 0 Å². The van der Waals surface area contributed by atoms with Crippen LogP contribution in [0.5, 0.6) is 0 Å². The molecule has 0 aromatic heterocycles. The molecule has 2 aromatic rings. The number of aryl methyl sites for hydroxylation is 2. The van der Waals surface area contributed by atoms with E-state index in [0.29, 0.717) is 0 Å². The van der Waals surface area contributed by atoms with Crippen molar-refractivity contribution in [3.63, 3.8) is 0 Å². The third kappa shape index (κ3) is 1.70. The number of rotatable bonds is 0. The molecule has 0 N–H and O–H groups in total. The van der Waals surface area contributed by atoms with Crippen LogP contribution in [-0.4, -0.2) is 0 Å². The molecule has 2 heterocycles. The Morgan fingerprint density at radius 1 is 0.778 bits per heavy atom. The van der Waals surface area contributed by atoms with Crippen molar-refractivity contribution < 1.29 is 0 Å². The maximum atomic E-state index is 2.42. The van der Waals surface area contributed by atoms with E-state index < -0.39 is 0 Å². The van der Waals surface area contributed by atoms with Crippen LogP contribution < -0.4 is 10.6 Å². The Balaban J connectivity index is 1.91. The zero-order valence-corrected chi connectivity index (χ0v) is 13.6. The standard InChI is InChI=1S/C14H12P2S2/c1-9-3-5-13-11(7-9)15-12-8-10(2)4-6-14(12)18-16(15)17-13/h3-8H,1-2H3. The molecule has 0 bridgehead atoms. The summed E-state index contributed by atoms with van der Waals surface area (Å²) in [6.45, 7) is 4.42. The van der Waals surface area contributed by atoms with Crippen LogP contribution >= 0.6 is 36.4 Å². The van der Waals surface area contributed by atoms with Crippen LogP contribution in [0.25, 0.3) is 0 Å². The molecule has 0 saturated carbocycles. The summed E-state index contributed by atoms with van der Waals surface area (Å²) in [5, 5.41) is 3.27. The predicted octanol–water partition coefficient (Wildman–Crippen LogP) is 5.17. The van der Waals surface area contributed by atoms with Crippen molar-refractivity contribution in [1.29, 1.82) is 0 Å². The van der Waals surface area contributed by atoms with Crippen LogP contribution in [0, 0.1) is 13.8 Å². The van der Waals surface area contributed by atoms with Crippen molar-refractivity contribution in [3.8, 4) is 0 Å². The van der Waals surface area contributed by atoms with E-state index in [1.807, 2.05) is 0 Å². The number of fused-ring (bicyclic) bond motifs is 5. The van der Waals surface area contributed by atoms with Crippen molar-refractivity contribution >= 4 is 47.0 Å². The molecule has 0 saturated heterocycles. The topological polar surface area (TPSA) is 0 Å². The van der Waals surface area contributed by atoms with Crippen molar-refractivity contribution in [1.82, 2.24) is 0 Å². The van der Waals surface area contributed by atoms with E-state index in [1.165, 1.54) is 20.9 Å². The Hall–Kier alpha value is 0.0000000000000000555. The Labute approximate surface area is 118 Å². The van der Waals surface area contributed by atoms with Crippen LogP contribution in [0.1, 0.15) is 11.1 Å². The molecule has 90 valence electrons. The molecule has 0 unspecified atom stereocenters. The highest BCUT2D eigenvalue weighted by atomic mass is 33.2. The molecule has 0 fully saturated rings. The lowest BCUT2D eigenvalue weighted by Gasteiger charge is -2.11. The maximum absolute atomic E-state index is 2.42. The summed E-state index contributed by atoms with van der Waals surface area (Å²) in [4.78, 5) is 3.08. The van der Waals surface area contributed by atoms with Crippen molar-refractivity contribution in [2.75, 3.05) is 0 Å². The lowest BCUT2D eigenvalue weighted by atomic mass is 10.2. The monoisotopic (exact) mass is 306 g/mol. The van der Waals surface area contributed by atoms with E-state index in [1.54, 1.807) is 10.6 Å². The van der Waals surface area contributed by atoms with Gasteiger partial charge in [-0.25, -0.2) is 0 Å². The van der Waals surface area contributed by atoms with Gasteiger partial charge in [0.15, 0.2) is 0 Å². The number of hydrogen-bond donors (Lipinski definition) is 0. The normalized spacial score (nSPS) is 23.7. The van der Waals surface area contributed by atoms with E-state index >= 15 is 0 Å². The van der Waals surface area contributed by atoms with Gasteiger partial charge in [-0.1, -0.05) is 46.0 Å². The molecule has 4 heteroatoms. The average Bonchev–Trinajstić information content (AvgIpc) is 2.85. The van der Waals surface area contributed by atoms with Gasteiger partial charge in [0.1, 0.15) is 0 Å². The minimum atomic E-state index is -0.0664. The fourth-order valence-corrected chi connectivity index (χ4v) is 19.5. The highest BCUT2D eigenvalue weighted by molar-refractivity contribution is 9.07. The summed E-state index contributed by atoms with van der Waals surface area (Å²) in [5.74, 6) is 0. The molecule has 0 nitrogen and oxygen atoms in total. The largest absolute Gasteiger partial charge is 0.0807 e. The van der Waals surface area contributed by atoms with Crippen LogP contribution in [0.15, 0.2) is 46.2 Å². The third-order valence-electron chi connectivity index (χ3n) is 3.20. The predicted molar refractivity (Wildman–Crippen MR) is 87.2 cm³/mol. The van der Waals surface area contributed by atoms with Crippen molar-refractivity contribution in [2.24, 2.45) is 0 Å². The summed E-state index contributed by atoms with van der Waals surface area (Å²) >= 11 is 4.27. The first-order valence-corrected chi connectivity index (χ1v) is 12.1. The minimum absolute atomic E-state index is 0.0267. The molecule has 2 aliphatic rings. The molecular formula is C14H12P2S2. The van der Waals surface area contributed by atoms with Crippen LogP contribution in [0.3, 0.4) is 0 Å². The van der Waals surface area contributed by atoms with Gasteiger partial charge in [-0.2, -0.15) is 0 Å². The van der Waals surface area contributed by atoms with E-state index in [2.05, 4.69) is 73.0 Å². The first-order chi connectivity index (χ1) is 8.72. The van der Waals surface area contributed by atoms with E-state index in [9.17, 15) is 0 Å². The van der Waals surface area contributed by atoms with Gasteiger partial charge in [-0.3, -0.25) is 0 Å². The Morgan fingerprint density at radius 2 is 1.28 bits per heavy atom. The molecule has 0 atom stereocenters. The quantitative estimate of drug-likeness (QED) is 0.615. The molecule has 2 aromatic carbocycles. The number of benzene rings is 2. The first-order valence-electron chi connectivity index (χ1n) is 5.90. The second kappa shape index (κ2) is 4.25. The summed E-state index contributed by atoms with van der Waals surface area (Å²) in [6.07, 6.45) is 0. The first kappa shape index (κ1) is 11.8. The molecule has 18 heavy (non-hydrogen) atoms. The van der Waals surface area contributed by atoms with E-state index in [-0.39, 0.29) is 13.6 Å². The molecule has 0 spiro atoms. The van der Waals surface area contributed by atoms with Gasteiger partial charge in [0.05, 0.1) is 6.01 Å². The zero-order chi connectivity index (χ0) is 12.3. The zero-order valence-electron chi connectivity index (χ0n) is 10.2. The van der Waals surface area contributed by atoms with Gasteiger partial charge in [0, 0.05) is 28.0 Å². The molecule has 2 aliphatic heterocycles. The van der Waals surface area contributed by atoms with Gasteiger partial charge in [0.2, 0.25) is 0 Å². The summed E-state index contributed by atoms with van der Waals surface area (Å²) in [7, 11) is -0.0664. The van der Waals surface area contributed by atoms with E-state index in [0.717, 1.165) is 0 Å². The summed E-state index contributed by atoms with van der Waals surface area (Å²) in [5.41, 5.74) is 2.81. The third-order valence-corrected chi connectivity index (χ3v) is 17.0. The van der Waals surface area contributed by atoms with Gasteiger partial charge in [-0.05, 0) is 38.1 Å². The smallest absolute Gasteiger partial charge is 0.0564 e. The second-order valence-electron chi connectivity index (χ2n) is 4.67. The Kier molecular flexibility index (Phi) is 2.79. The van der Waals surface area contributed by atoms with Gasteiger partial charge in [0.25, 0.3) is 0 Å². The average molecular weight is 306 g/mol. The molecule has 0 aliphatic carbocycles. The van der Waals surface area contributed by atoms with Crippen molar-refractivity contribution in [2.45, 2.75) is 23.6 Å². The van der Waals surface area contributed by atoms with Crippen LogP contribution in [-0.2, 0) is 0 Å². The molecule has 4 rings (SSSR count). The second-order valence-corrected chi connectivity index (χ2v) is 16.0. The summed E-state index contributed by atoms with van der Waals surface area (Å²) in [6, 6.07) is 14.0. The van der Waals surface area contributed by atoms with Gasteiger partial charge in [-0.15, -0.1) is 0 Å². The Bertz CT molecular complexity index is 599. The fourth-order valence-electron chi connectivity index (χ4n) is 2.31. The van der Waals surface area contributed by atoms with Crippen LogP contribution in [0.2, 0.25) is 0 Å². The molecular weight excluding hydrogens is 294 g/mol. The van der Waals surface area contributed by atoms with Gasteiger partial charge >= 0.3 is 0 Å². The lowest BCUT2D eigenvalue weighted by Crippen LogP contribution is -2.08.